The second-order valence-electron chi connectivity index (χ2n) is 5.73. The van der Waals surface area contributed by atoms with Gasteiger partial charge in [0.1, 0.15) is 5.60 Å². The molecule has 126 valence electrons. The maximum absolute atomic E-state index is 12.1. The van der Waals surface area contributed by atoms with E-state index in [1.807, 2.05) is 11.4 Å². The summed E-state index contributed by atoms with van der Waals surface area (Å²) in [7, 11) is 0. The quantitative estimate of drug-likeness (QED) is 0.744. The van der Waals surface area contributed by atoms with Crippen molar-refractivity contribution in [1.82, 2.24) is 15.1 Å². The summed E-state index contributed by atoms with van der Waals surface area (Å²) < 4.78 is 0. The minimum atomic E-state index is -1.21. The van der Waals surface area contributed by atoms with E-state index in [2.05, 4.69) is 5.32 Å². The van der Waals surface area contributed by atoms with E-state index in [0.717, 1.165) is 4.88 Å². The third kappa shape index (κ3) is 4.29. The summed E-state index contributed by atoms with van der Waals surface area (Å²) in [5.74, 6) is -1.40. The van der Waals surface area contributed by atoms with Gasteiger partial charge in [-0.2, -0.15) is 0 Å². The highest BCUT2D eigenvalue weighted by molar-refractivity contribution is 7.10. The van der Waals surface area contributed by atoms with Crippen LogP contribution in [0.4, 0.5) is 0 Å². The number of aliphatic hydroxyl groups is 1. The minimum absolute atomic E-state index is 0.0338. The summed E-state index contributed by atoms with van der Waals surface area (Å²) in [5, 5.41) is 14.7. The fourth-order valence-electron chi connectivity index (χ4n) is 2.37. The Morgan fingerprint density at radius 2 is 1.87 bits per heavy atom. The molecule has 1 aliphatic heterocycles. The fraction of sp³-hybridized carbons (Fsp3) is 0.533. The average Bonchev–Trinajstić information content (AvgIpc) is 3.07. The molecule has 1 aliphatic rings. The zero-order valence-electron chi connectivity index (χ0n) is 13.2. The van der Waals surface area contributed by atoms with E-state index >= 15 is 0 Å². The second-order valence-corrected chi connectivity index (χ2v) is 6.68. The highest BCUT2D eigenvalue weighted by Gasteiger charge is 2.30. The topological polar surface area (TPSA) is 90.0 Å². The van der Waals surface area contributed by atoms with E-state index in [-0.39, 0.29) is 12.5 Å². The van der Waals surface area contributed by atoms with E-state index in [4.69, 9.17) is 0 Å². The maximum Gasteiger partial charge on any atom is 0.312 e. The van der Waals surface area contributed by atoms with Gasteiger partial charge < -0.3 is 20.2 Å². The lowest BCUT2D eigenvalue weighted by molar-refractivity contribution is -0.148. The molecule has 0 bridgehead atoms. The minimum Gasteiger partial charge on any atom is -0.383 e. The molecule has 1 aromatic rings. The van der Waals surface area contributed by atoms with Crippen LogP contribution in [0.15, 0.2) is 17.5 Å². The number of carbonyl (C=O) groups excluding carboxylic acids is 3. The van der Waals surface area contributed by atoms with Gasteiger partial charge in [0.25, 0.3) is 0 Å². The van der Waals surface area contributed by atoms with Crippen LogP contribution < -0.4 is 5.32 Å². The lowest BCUT2D eigenvalue weighted by Gasteiger charge is -2.34. The fourth-order valence-corrected chi connectivity index (χ4v) is 3.16. The first-order chi connectivity index (χ1) is 10.8. The maximum atomic E-state index is 12.1. The van der Waals surface area contributed by atoms with Crippen LogP contribution in [-0.4, -0.2) is 65.4 Å². The average molecular weight is 339 g/mol. The molecule has 0 aromatic carbocycles. The Balaban J connectivity index is 1.84. The molecule has 2 heterocycles. The van der Waals surface area contributed by atoms with Gasteiger partial charge in [-0.3, -0.25) is 14.4 Å². The molecule has 1 unspecified atom stereocenters. The molecule has 0 aliphatic carbocycles. The van der Waals surface area contributed by atoms with Crippen LogP contribution in [0.2, 0.25) is 0 Å². The molecule has 1 fully saturated rings. The Morgan fingerprint density at radius 1 is 1.26 bits per heavy atom. The molecular formula is C15H21N3O4S. The van der Waals surface area contributed by atoms with Crippen molar-refractivity contribution in [1.29, 1.82) is 0 Å². The molecule has 1 saturated heterocycles. The lowest BCUT2D eigenvalue weighted by Crippen LogP contribution is -2.54. The Morgan fingerprint density at radius 3 is 2.39 bits per heavy atom. The summed E-state index contributed by atoms with van der Waals surface area (Å²) in [4.78, 5) is 39.1. The number of hydrogen-bond donors (Lipinski definition) is 2. The van der Waals surface area contributed by atoms with Crippen LogP contribution in [0.25, 0.3) is 0 Å². The summed E-state index contributed by atoms with van der Waals surface area (Å²) in [5.41, 5.74) is -1.21. The number of nitrogens with one attached hydrogen (secondary N) is 1. The van der Waals surface area contributed by atoms with Crippen molar-refractivity contribution in [2.24, 2.45) is 0 Å². The number of hydrogen-bond acceptors (Lipinski definition) is 5. The molecule has 2 rings (SSSR count). The Hall–Kier alpha value is -1.93. The normalized spacial score (nSPS) is 17.5. The van der Waals surface area contributed by atoms with E-state index in [0.29, 0.717) is 26.2 Å². The van der Waals surface area contributed by atoms with Crippen LogP contribution >= 0.6 is 11.3 Å². The number of rotatable bonds is 3. The Kier molecular flexibility index (Phi) is 5.38. The number of nitrogens with zero attached hydrogens (tertiary/aromatic N) is 2. The smallest absolute Gasteiger partial charge is 0.312 e. The first-order valence-electron chi connectivity index (χ1n) is 7.40. The van der Waals surface area contributed by atoms with Crippen LogP contribution in [0.1, 0.15) is 18.7 Å². The predicted octanol–water partition coefficient (Wildman–Crippen LogP) is -0.237. The van der Waals surface area contributed by atoms with Gasteiger partial charge >= 0.3 is 11.8 Å². The van der Waals surface area contributed by atoms with E-state index < -0.39 is 17.4 Å². The van der Waals surface area contributed by atoms with Gasteiger partial charge in [0.05, 0.1) is 6.54 Å². The van der Waals surface area contributed by atoms with Crippen LogP contribution in [0.5, 0.6) is 0 Å². The summed E-state index contributed by atoms with van der Waals surface area (Å²) in [6, 6.07) is 3.59. The Labute approximate surface area is 138 Å². The molecule has 3 amide bonds. The largest absolute Gasteiger partial charge is 0.383 e. The summed E-state index contributed by atoms with van der Waals surface area (Å²) in [6.07, 6.45) is 0. The Bertz CT molecular complexity index is 578. The van der Waals surface area contributed by atoms with Crippen LogP contribution in [0, 0.1) is 0 Å². The third-order valence-electron chi connectivity index (χ3n) is 3.85. The van der Waals surface area contributed by atoms with Crippen molar-refractivity contribution in [3.05, 3.63) is 22.4 Å². The molecule has 1 aromatic heterocycles. The molecular weight excluding hydrogens is 318 g/mol. The van der Waals surface area contributed by atoms with Crippen molar-refractivity contribution in [3.8, 4) is 0 Å². The molecule has 1 atom stereocenters. The zero-order valence-corrected chi connectivity index (χ0v) is 14.1. The lowest BCUT2D eigenvalue weighted by atomic mass is 10.1. The number of amides is 3. The molecule has 23 heavy (non-hydrogen) atoms. The number of carbonyl (C=O) groups is 3. The highest BCUT2D eigenvalue weighted by Crippen LogP contribution is 2.24. The van der Waals surface area contributed by atoms with Gasteiger partial charge in [0, 0.05) is 38.0 Å². The first kappa shape index (κ1) is 17.4. The molecule has 8 heteroatoms. The van der Waals surface area contributed by atoms with Gasteiger partial charge in [-0.25, -0.2) is 0 Å². The predicted molar refractivity (Wildman–Crippen MR) is 85.7 cm³/mol. The van der Waals surface area contributed by atoms with Crippen molar-refractivity contribution in [2.45, 2.75) is 19.4 Å². The SMILES string of the molecule is CC(=O)N1CCN(C(=O)C(=O)NCC(C)(O)c2cccs2)CC1. The zero-order chi connectivity index (χ0) is 17.0. The van der Waals surface area contributed by atoms with Crippen LogP contribution in [-0.2, 0) is 20.0 Å². The van der Waals surface area contributed by atoms with Crippen molar-refractivity contribution in [3.63, 3.8) is 0 Å². The van der Waals surface area contributed by atoms with E-state index in [1.54, 1.807) is 17.9 Å². The van der Waals surface area contributed by atoms with Crippen molar-refractivity contribution in [2.75, 3.05) is 32.7 Å². The third-order valence-corrected chi connectivity index (χ3v) is 4.97. The standard InChI is InChI=1S/C15H21N3O4S/c1-11(19)17-5-7-18(8-6-17)14(21)13(20)16-10-15(2,22)12-4-3-9-23-12/h3-4,9,22H,5-8,10H2,1-2H3,(H,16,20). The number of piperazine rings is 1. The highest BCUT2D eigenvalue weighted by atomic mass is 32.1. The van der Waals surface area contributed by atoms with Crippen molar-refractivity contribution >= 4 is 29.1 Å². The molecule has 0 radical (unpaired) electrons. The second kappa shape index (κ2) is 7.10. The van der Waals surface area contributed by atoms with Gasteiger partial charge in [0.2, 0.25) is 5.91 Å². The van der Waals surface area contributed by atoms with Crippen molar-refractivity contribution < 1.29 is 19.5 Å². The van der Waals surface area contributed by atoms with Crippen LogP contribution in [0.3, 0.4) is 0 Å². The first-order valence-corrected chi connectivity index (χ1v) is 8.28. The molecule has 2 N–H and O–H groups in total. The molecule has 0 spiro atoms. The van der Waals surface area contributed by atoms with Gasteiger partial charge in [-0.05, 0) is 18.4 Å². The van der Waals surface area contributed by atoms with Gasteiger partial charge in [0.15, 0.2) is 0 Å². The van der Waals surface area contributed by atoms with E-state index in [9.17, 15) is 19.5 Å². The van der Waals surface area contributed by atoms with E-state index in [1.165, 1.54) is 23.2 Å². The monoisotopic (exact) mass is 339 g/mol. The van der Waals surface area contributed by atoms with Gasteiger partial charge in [-0.15, -0.1) is 11.3 Å². The van der Waals surface area contributed by atoms with Gasteiger partial charge in [-0.1, -0.05) is 6.07 Å². The molecule has 0 saturated carbocycles. The summed E-state index contributed by atoms with van der Waals surface area (Å²) >= 11 is 1.39. The summed E-state index contributed by atoms with van der Waals surface area (Å²) in [6.45, 7) is 4.58. The number of thiophene rings is 1. The molecule has 7 nitrogen and oxygen atoms in total.